The number of hydrogen-bond acceptors (Lipinski definition) is 2. The Morgan fingerprint density at radius 2 is 1.83 bits per heavy atom. The summed E-state index contributed by atoms with van der Waals surface area (Å²) in [5, 5.41) is 2.94. The molecule has 0 unspecified atom stereocenters. The molecular formula is C24H31IN2O2. The van der Waals surface area contributed by atoms with E-state index in [-0.39, 0.29) is 29.9 Å². The second-order valence-electron chi connectivity index (χ2n) is 8.54. The number of likely N-dealkylation sites (tertiary alicyclic amines) is 1. The molecule has 2 heterocycles. The van der Waals surface area contributed by atoms with Crippen LogP contribution in [0.25, 0.3) is 0 Å². The van der Waals surface area contributed by atoms with Gasteiger partial charge >= 0.3 is 0 Å². The zero-order valence-electron chi connectivity index (χ0n) is 17.2. The molecule has 4 nitrogen and oxygen atoms in total. The topological polar surface area (TPSA) is 38.3 Å². The molecule has 2 aromatic rings. The van der Waals surface area contributed by atoms with E-state index >= 15 is 0 Å². The van der Waals surface area contributed by atoms with Crippen LogP contribution in [0.1, 0.15) is 42.7 Å². The number of benzene rings is 2. The SMILES string of the molecule is C[N+]1(CCCOc2ccc3c(c2)NC(=O)CC3)CCC(c2ccccc2)CC1.[I-]. The lowest BCUT2D eigenvalue weighted by molar-refractivity contribution is -0.914. The number of quaternary nitrogens is 1. The van der Waals surface area contributed by atoms with Gasteiger partial charge in [0.25, 0.3) is 0 Å². The van der Waals surface area contributed by atoms with Crippen LogP contribution in [0.3, 0.4) is 0 Å². The Bertz CT molecular complexity index is 817. The lowest BCUT2D eigenvalue weighted by Crippen LogP contribution is -3.00. The maximum atomic E-state index is 11.6. The summed E-state index contributed by atoms with van der Waals surface area (Å²) in [4.78, 5) is 11.6. The van der Waals surface area contributed by atoms with Gasteiger partial charge < -0.3 is 38.5 Å². The van der Waals surface area contributed by atoms with Gasteiger partial charge in [-0.2, -0.15) is 0 Å². The molecule has 4 rings (SSSR count). The molecule has 2 aromatic carbocycles. The predicted octanol–water partition coefficient (Wildman–Crippen LogP) is 1.37. The summed E-state index contributed by atoms with van der Waals surface area (Å²) in [7, 11) is 2.38. The van der Waals surface area contributed by atoms with Gasteiger partial charge in [0.05, 0.1) is 33.3 Å². The maximum absolute atomic E-state index is 11.6. The van der Waals surface area contributed by atoms with E-state index in [0.717, 1.165) is 41.9 Å². The van der Waals surface area contributed by atoms with Crippen LogP contribution in [0.2, 0.25) is 0 Å². The number of hydrogen-bond donors (Lipinski definition) is 1. The van der Waals surface area contributed by atoms with Gasteiger partial charge in [-0.25, -0.2) is 0 Å². The summed E-state index contributed by atoms with van der Waals surface area (Å²) in [6, 6.07) is 17.0. The Hall–Kier alpha value is -1.60. The summed E-state index contributed by atoms with van der Waals surface area (Å²) >= 11 is 0. The van der Waals surface area contributed by atoms with Crippen molar-refractivity contribution in [1.82, 2.24) is 0 Å². The number of piperidine rings is 1. The van der Waals surface area contributed by atoms with Crippen LogP contribution in [0.4, 0.5) is 5.69 Å². The number of nitrogens with one attached hydrogen (secondary N) is 1. The lowest BCUT2D eigenvalue weighted by Gasteiger charge is -2.40. The summed E-state index contributed by atoms with van der Waals surface area (Å²) in [5.41, 5.74) is 3.61. The number of carbonyl (C=O) groups excluding carboxylic acids is 1. The zero-order valence-corrected chi connectivity index (χ0v) is 19.4. The van der Waals surface area contributed by atoms with E-state index in [0.29, 0.717) is 12.3 Å². The largest absolute Gasteiger partial charge is 1.00 e. The Labute approximate surface area is 191 Å². The minimum atomic E-state index is 0. The molecule has 0 bridgehead atoms. The Balaban J connectivity index is 0.00000240. The normalized spacial score (nSPS) is 23.5. The third-order valence-electron chi connectivity index (χ3n) is 6.39. The van der Waals surface area contributed by atoms with Crippen molar-refractivity contribution in [2.75, 3.05) is 38.6 Å². The first-order valence-electron chi connectivity index (χ1n) is 10.6. The van der Waals surface area contributed by atoms with Crippen LogP contribution in [-0.2, 0) is 11.2 Å². The molecule has 0 aromatic heterocycles. The highest BCUT2D eigenvalue weighted by atomic mass is 127. The van der Waals surface area contributed by atoms with Crippen molar-refractivity contribution in [2.24, 2.45) is 0 Å². The minimum absolute atomic E-state index is 0. The molecule has 156 valence electrons. The molecule has 1 N–H and O–H groups in total. The second kappa shape index (κ2) is 9.94. The van der Waals surface area contributed by atoms with Crippen LogP contribution < -0.4 is 34.0 Å². The van der Waals surface area contributed by atoms with E-state index in [1.807, 2.05) is 12.1 Å². The van der Waals surface area contributed by atoms with Crippen molar-refractivity contribution in [1.29, 1.82) is 0 Å². The number of halogens is 1. The Kier molecular flexibility index (Phi) is 7.57. The van der Waals surface area contributed by atoms with Gasteiger partial charge in [0, 0.05) is 37.4 Å². The molecule has 0 atom stereocenters. The quantitative estimate of drug-likeness (QED) is 0.365. The van der Waals surface area contributed by atoms with E-state index < -0.39 is 0 Å². The van der Waals surface area contributed by atoms with Gasteiger partial charge in [-0.05, 0) is 29.5 Å². The highest BCUT2D eigenvalue weighted by Crippen LogP contribution is 2.31. The number of rotatable bonds is 6. The predicted molar refractivity (Wildman–Crippen MR) is 113 cm³/mol. The molecule has 1 fully saturated rings. The molecule has 1 amide bonds. The van der Waals surface area contributed by atoms with E-state index in [2.05, 4.69) is 48.8 Å². The van der Waals surface area contributed by atoms with Crippen LogP contribution >= 0.6 is 0 Å². The average molecular weight is 506 g/mol. The van der Waals surface area contributed by atoms with Gasteiger partial charge in [0.15, 0.2) is 0 Å². The molecule has 0 saturated carbocycles. The van der Waals surface area contributed by atoms with E-state index in [9.17, 15) is 4.79 Å². The third-order valence-corrected chi connectivity index (χ3v) is 6.39. The molecule has 0 spiro atoms. The fourth-order valence-electron chi connectivity index (χ4n) is 4.55. The third kappa shape index (κ3) is 5.72. The first-order chi connectivity index (χ1) is 13.6. The number of carbonyl (C=O) groups is 1. The summed E-state index contributed by atoms with van der Waals surface area (Å²) in [6.07, 6.45) is 4.99. The summed E-state index contributed by atoms with van der Waals surface area (Å²) < 4.78 is 7.12. The van der Waals surface area contributed by atoms with E-state index in [1.165, 1.54) is 37.1 Å². The van der Waals surface area contributed by atoms with Gasteiger partial charge in [-0.1, -0.05) is 36.4 Å². The first-order valence-corrected chi connectivity index (χ1v) is 10.6. The number of aryl methyl sites for hydroxylation is 1. The maximum Gasteiger partial charge on any atom is 0.224 e. The number of fused-ring (bicyclic) bond motifs is 1. The molecule has 2 aliphatic rings. The second-order valence-corrected chi connectivity index (χ2v) is 8.54. The van der Waals surface area contributed by atoms with Crippen LogP contribution in [0.15, 0.2) is 48.5 Å². The summed E-state index contributed by atoms with van der Waals surface area (Å²) in [6.45, 7) is 4.36. The smallest absolute Gasteiger partial charge is 0.224 e. The van der Waals surface area contributed by atoms with Crippen molar-refractivity contribution in [3.63, 3.8) is 0 Å². The van der Waals surface area contributed by atoms with E-state index in [4.69, 9.17) is 4.74 Å². The molecular weight excluding hydrogens is 475 g/mol. The molecule has 1 saturated heterocycles. The Morgan fingerprint density at radius 3 is 2.59 bits per heavy atom. The molecule has 5 heteroatoms. The molecule has 0 radical (unpaired) electrons. The van der Waals surface area contributed by atoms with Crippen LogP contribution in [-0.4, -0.2) is 43.7 Å². The van der Waals surface area contributed by atoms with Crippen molar-refractivity contribution in [3.8, 4) is 5.75 Å². The molecule has 2 aliphatic heterocycles. The fraction of sp³-hybridized carbons (Fsp3) is 0.458. The zero-order chi connectivity index (χ0) is 19.4. The fourth-order valence-corrected chi connectivity index (χ4v) is 4.55. The number of anilines is 1. The lowest BCUT2D eigenvalue weighted by atomic mass is 9.88. The van der Waals surface area contributed by atoms with Gasteiger partial charge in [-0.3, -0.25) is 4.79 Å². The van der Waals surface area contributed by atoms with Crippen LogP contribution in [0, 0.1) is 0 Å². The van der Waals surface area contributed by atoms with Gasteiger partial charge in [0.2, 0.25) is 5.91 Å². The van der Waals surface area contributed by atoms with Crippen molar-refractivity contribution in [3.05, 3.63) is 59.7 Å². The Morgan fingerprint density at radius 1 is 1.07 bits per heavy atom. The molecule has 0 aliphatic carbocycles. The molecule has 29 heavy (non-hydrogen) atoms. The van der Waals surface area contributed by atoms with Crippen LogP contribution in [0.5, 0.6) is 5.75 Å². The summed E-state index contributed by atoms with van der Waals surface area (Å²) in [5.74, 6) is 1.67. The number of ether oxygens (including phenoxy) is 1. The monoisotopic (exact) mass is 506 g/mol. The number of amides is 1. The minimum Gasteiger partial charge on any atom is -1.00 e. The average Bonchev–Trinajstić information content (AvgIpc) is 2.72. The van der Waals surface area contributed by atoms with Gasteiger partial charge in [-0.15, -0.1) is 0 Å². The number of nitrogens with zero attached hydrogens (tertiary/aromatic N) is 1. The standard InChI is InChI=1S/C24H30N2O2.HI/c1-26(15-12-20(13-16-26)19-6-3-2-4-7-19)14-5-17-28-22-10-8-21-9-11-24(27)25-23(21)18-22;/h2-4,6-8,10,18,20H,5,9,11-17H2,1H3;1H. The highest BCUT2D eigenvalue weighted by molar-refractivity contribution is 5.94. The van der Waals surface area contributed by atoms with Crippen molar-refractivity contribution >= 4 is 11.6 Å². The first kappa shape index (κ1) is 22.1. The van der Waals surface area contributed by atoms with E-state index in [1.54, 1.807) is 0 Å². The van der Waals surface area contributed by atoms with Crippen molar-refractivity contribution < 1.29 is 38.0 Å². The van der Waals surface area contributed by atoms with Crippen molar-refractivity contribution in [2.45, 2.75) is 38.0 Å². The highest BCUT2D eigenvalue weighted by Gasteiger charge is 2.30. The van der Waals surface area contributed by atoms with Gasteiger partial charge in [0.1, 0.15) is 5.75 Å².